The molecule has 2 aliphatic heterocycles. The number of hydrogen-bond acceptors (Lipinski definition) is 6. The second-order valence-corrected chi connectivity index (χ2v) is 6.86. The summed E-state index contributed by atoms with van der Waals surface area (Å²) in [4.78, 5) is 24.3. The zero-order chi connectivity index (χ0) is 17.4. The fourth-order valence-corrected chi connectivity index (χ4v) is 3.60. The molecule has 2 fully saturated rings. The van der Waals surface area contributed by atoms with Crippen molar-refractivity contribution in [2.75, 3.05) is 37.7 Å². The lowest BCUT2D eigenvalue weighted by atomic mass is 10.1. The highest BCUT2D eigenvalue weighted by molar-refractivity contribution is 6.28. The molecular weight excluding hydrogens is 342 g/mol. The minimum Gasteiger partial charge on any atom is -0.378 e. The molecule has 0 spiro atoms. The fourth-order valence-electron chi connectivity index (χ4n) is 3.48. The number of hydrogen-bond donors (Lipinski definition) is 0. The predicted octanol–water partition coefficient (Wildman–Crippen LogP) is 1.19. The van der Waals surface area contributed by atoms with E-state index in [1.165, 1.54) is 10.9 Å². The summed E-state index contributed by atoms with van der Waals surface area (Å²) in [6.45, 7) is 7.00. The van der Waals surface area contributed by atoms with Crippen molar-refractivity contribution >= 4 is 17.3 Å². The Labute approximate surface area is 150 Å². The maximum Gasteiger partial charge on any atom is 0.356 e. The Hall–Kier alpha value is -1.96. The second kappa shape index (κ2) is 6.74. The Kier molecular flexibility index (Phi) is 4.45. The maximum absolute atomic E-state index is 11.9. The van der Waals surface area contributed by atoms with Crippen molar-refractivity contribution in [3.8, 4) is 5.69 Å². The maximum atomic E-state index is 11.9. The summed E-state index contributed by atoms with van der Waals surface area (Å²) in [5.74, 6) is 0. The largest absolute Gasteiger partial charge is 0.378 e. The molecule has 0 radical (unpaired) electrons. The van der Waals surface area contributed by atoms with Crippen LogP contribution in [0.1, 0.15) is 6.92 Å². The molecule has 2 aliphatic rings. The van der Waals surface area contributed by atoms with Gasteiger partial charge in [0.05, 0.1) is 24.9 Å². The summed E-state index contributed by atoms with van der Waals surface area (Å²) in [6.07, 6.45) is 1.40. The highest BCUT2D eigenvalue weighted by Gasteiger charge is 2.33. The molecule has 7 nitrogen and oxygen atoms in total. The minimum absolute atomic E-state index is 0.0402. The average molecular weight is 362 g/mol. The number of piperazine rings is 1. The van der Waals surface area contributed by atoms with Crippen molar-refractivity contribution in [2.24, 2.45) is 0 Å². The summed E-state index contributed by atoms with van der Waals surface area (Å²) >= 11 is 5.64. The molecule has 0 amide bonds. The van der Waals surface area contributed by atoms with Crippen molar-refractivity contribution in [2.45, 2.75) is 19.0 Å². The number of rotatable bonds is 3. The van der Waals surface area contributed by atoms with E-state index in [1.807, 2.05) is 24.3 Å². The van der Waals surface area contributed by atoms with E-state index in [0.29, 0.717) is 12.1 Å². The van der Waals surface area contributed by atoms with Crippen LogP contribution in [0.25, 0.3) is 5.69 Å². The van der Waals surface area contributed by atoms with Gasteiger partial charge in [-0.3, -0.25) is 9.47 Å². The summed E-state index contributed by atoms with van der Waals surface area (Å²) in [6, 6.07) is 8.96. The molecule has 8 heteroatoms. The van der Waals surface area contributed by atoms with Crippen molar-refractivity contribution in [1.82, 2.24) is 19.4 Å². The molecule has 4 rings (SSSR count). The lowest BCUT2D eigenvalue weighted by Crippen LogP contribution is -2.60. The molecule has 2 aromatic rings. The molecule has 25 heavy (non-hydrogen) atoms. The summed E-state index contributed by atoms with van der Waals surface area (Å²) in [5, 5.41) is -0.0402. The number of nitrogens with zero attached hydrogens (tertiary/aromatic N) is 5. The van der Waals surface area contributed by atoms with Gasteiger partial charge in [0, 0.05) is 31.4 Å². The van der Waals surface area contributed by atoms with Gasteiger partial charge in [0.25, 0.3) is 0 Å². The van der Waals surface area contributed by atoms with Crippen LogP contribution in [0, 0.1) is 0 Å². The van der Waals surface area contributed by atoms with Gasteiger partial charge in [-0.2, -0.15) is 4.98 Å². The normalized spacial score (nSPS) is 22.0. The number of benzene rings is 1. The van der Waals surface area contributed by atoms with Crippen molar-refractivity contribution in [1.29, 1.82) is 0 Å². The van der Waals surface area contributed by atoms with Crippen molar-refractivity contribution in [3.05, 3.63) is 46.4 Å². The molecule has 0 aliphatic carbocycles. The second-order valence-electron chi connectivity index (χ2n) is 6.52. The van der Waals surface area contributed by atoms with Gasteiger partial charge in [0.15, 0.2) is 0 Å². The molecule has 1 aromatic carbocycles. The van der Waals surface area contributed by atoms with Crippen LogP contribution >= 0.6 is 11.6 Å². The van der Waals surface area contributed by atoms with Crippen molar-refractivity contribution < 1.29 is 4.74 Å². The third-order valence-electron chi connectivity index (χ3n) is 4.94. The van der Waals surface area contributed by atoms with E-state index in [0.717, 1.165) is 44.2 Å². The van der Waals surface area contributed by atoms with Gasteiger partial charge in [-0.25, -0.2) is 9.78 Å². The lowest BCUT2D eigenvalue weighted by Gasteiger charge is -2.47. The quantitative estimate of drug-likeness (QED) is 0.818. The third-order valence-corrected chi connectivity index (χ3v) is 5.12. The molecule has 2 saturated heterocycles. The molecule has 1 aromatic heterocycles. The predicted molar refractivity (Wildman–Crippen MR) is 95.6 cm³/mol. The molecular formula is C17H20ClN5O2. The molecule has 0 unspecified atom stereocenters. The number of halogens is 1. The first kappa shape index (κ1) is 16.5. The topological polar surface area (TPSA) is 63.5 Å². The molecule has 3 heterocycles. The number of aromatic nitrogens is 3. The summed E-state index contributed by atoms with van der Waals surface area (Å²) in [5.41, 5.74) is 1.45. The molecule has 1 atom stereocenters. The zero-order valence-electron chi connectivity index (χ0n) is 14.0. The molecule has 0 bridgehead atoms. The van der Waals surface area contributed by atoms with Gasteiger partial charge < -0.3 is 9.64 Å². The van der Waals surface area contributed by atoms with Crippen LogP contribution in [0.4, 0.5) is 5.69 Å². The first-order valence-electron chi connectivity index (χ1n) is 8.42. The zero-order valence-corrected chi connectivity index (χ0v) is 14.8. The number of ether oxygens (including phenoxy) is 1. The van der Waals surface area contributed by atoms with Gasteiger partial charge in [-0.1, -0.05) is 0 Å². The first-order valence-corrected chi connectivity index (χ1v) is 8.80. The number of anilines is 1. The van der Waals surface area contributed by atoms with Gasteiger partial charge in [0.1, 0.15) is 6.33 Å². The van der Waals surface area contributed by atoms with Crippen LogP contribution in [-0.2, 0) is 4.74 Å². The molecule has 0 saturated carbocycles. The minimum atomic E-state index is -0.433. The van der Waals surface area contributed by atoms with Gasteiger partial charge >= 0.3 is 5.69 Å². The standard InChI is InChI=1S/C17H20ClN5O2/c1-12-8-21(6-7-22(12)15-9-25-10-15)13-2-4-14(5-3-13)23-11-19-16(18)20-17(23)24/h2-5,11-12,15H,6-10H2,1H3/t12-/m0/s1. The van der Waals surface area contributed by atoms with E-state index in [4.69, 9.17) is 16.3 Å². The van der Waals surface area contributed by atoms with Gasteiger partial charge in [-0.15, -0.1) is 0 Å². The Morgan fingerprint density at radius 3 is 2.48 bits per heavy atom. The Morgan fingerprint density at radius 2 is 1.88 bits per heavy atom. The van der Waals surface area contributed by atoms with E-state index in [2.05, 4.69) is 26.7 Å². The smallest absolute Gasteiger partial charge is 0.356 e. The van der Waals surface area contributed by atoms with Crippen LogP contribution < -0.4 is 10.6 Å². The highest BCUT2D eigenvalue weighted by atomic mass is 35.5. The fraction of sp³-hybridized carbons (Fsp3) is 0.471. The van der Waals surface area contributed by atoms with E-state index < -0.39 is 5.69 Å². The summed E-state index contributed by atoms with van der Waals surface area (Å²) in [7, 11) is 0. The monoisotopic (exact) mass is 361 g/mol. The average Bonchev–Trinajstić information content (AvgIpc) is 2.55. The lowest BCUT2D eigenvalue weighted by molar-refractivity contribution is -0.0792. The Bertz CT molecular complexity index is 805. The van der Waals surface area contributed by atoms with Gasteiger partial charge in [-0.05, 0) is 42.8 Å². The van der Waals surface area contributed by atoms with Crippen molar-refractivity contribution in [3.63, 3.8) is 0 Å². The van der Waals surface area contributed by atoms with E-state index in [1.54, 1.807) is 0 Å². The molecule has 132 valence electrons. The Morgan fingerprint density at radius 1 is 1.16 bits per heavy atom. The van der Waals surface area contributed by atoms with Crippen LogP contribution in [0.15, 0.2) is 35.4 Å². The van der Waals surface area contributed by atoms with Crippen LogP contribution in [0.5, 0.6) is 0 Å². The van der Waals surface area contributed by atoms with E-state index >= 15 is 0 Å². The highest BCUT2D eigenvalue weighted by Crippen LogP contribution is 2.23. The first-order chi connectivity index (χ1) is 12.1. The van der Waals surface area contributed by atoms with E-state index in [9.17, 15) is 4.79 Å². The Balaban J connectivity index is 1.48. The van der Waals surface area contributed by atoms with Gasteiger partial charge in [0.2, 0.25) is 5.28 Å². The third kappa shape index (κ3) is 3.27. The van der Waals surface area contributed by atoms with E-state index in [-0.39, 0.29) is 5.28 Å². The van der Waals surface area contributed by atoms with Crippen LogP contribution in [0.3, 0.4) is 0 Å². The summed E-state index contributed by atoms with van der Waals surface area (Å²) < 4.78 is 6.70. The van der Waals surface area contributed by atoms with Crippen LogP contribution in [0.2, 0.25) is 5.28 Å². The van der Waals surface area contributed by atoms with Crippen LogP contribution in [-0.4, -0.2) is 64.4 Å². The SMILES string of the molecule is C[C@H]1CN(c2ccc(-n3cnc(Cl)nc3=O)cc2)CCN1C1COC1. The molecule has 0 N–H and O–H groups in total.